The number of hydrogen-bond acceptors (Lipinski definition) is 2. The van der Waals surface area contributed by atoms with Gasteiger partial charge in [0.1, 0.15) is 5.78 Å². The summed E-state index contributed by atoms with van der Waals surface area (Å²) in [4.78, 5) is 16.5. The first-order valence-corrected chi connectivity index (χ1v) is 6.35. The second-order valence-electron chi connectivity index (χ2n) is 6.45. The maximum Gasteiger partial charge on any atom is 0.134 e. The number of hydrogen-bond donors (Lipinski definition) is 0. The number of rotatable bonds is 4. The third kappa shape index (κ3) is 3.15. The Morgan fingerprint density at radius 2 is 2.06 bits per heavy atom. The number of pyridine rings is 1. The van der Waals surface area contributed by atoms with E-state index >= 15 is 0 Å². The molecule has 2 nitrogen and oxygen atoms in total. The molecule has 2 rings (SSSR count). The van der Waals surface area contributed by atoms with Gasteiger partial charge in [0.15, 0.2) is 0 Å². The Kier molecular flexibility index (Phi) is 3.07. The van der Waals surface area contributed by atoms with E-state index in [1.54, 1.807) is 0 Å². The maximum atomic E-state index is 12.1. The molecule has 1 aromatic heterocycles. The fraction of sp³-hybridized carbons (Fsp3) is 0.600. The summed E-state index contributed by atoms with van der Waals surface area (Å²) in [6.45, 7) is 6.35. The zero-order chi connectivity index (χ0) is 12.5. The van der Waals surface area contributed by atoms with Gasteiger partial charge < -0.3 is 0 Å². The Bertz CT molecular complexity index is 399. The van der Waals surface area contributed by atoms with Crippen molar-refractivity contribution in [3.05, 3.63) is 30.1 Å². The lowest BCUT2D eigenvalue weighted by Gasteiger charge is -2.19. The zero-order valence-electron chi connectivity index (χ0n) is 11.0. The van der Waals surface area contributed by atoms with Crippen LogP contribution in [0.15, 0.2) is 24.4 Å². The zero-order valence-corrected chi connectivity index (χ0v) is 11.0. The van der Waals surface area contributed by atoms with Gasteiger partial charge >= 0.3 is 0 Å². The molecular formula is C15H21NO. The summed E-state index contributed by atoms with van der Waals surface area (Å²) >= 11 is 0. The topological polar surface area (TPSA) is 30.0 Å². The fourth-order valence-electron chi connectivity index (χ4n) is 2.38. The number of aromatic nitrogens is 1. The van der Waals surface area contributed by atoms with E-state index < -0.39 is 0 Å². The Morgan fingerprint density at radius 1 is 1.35 bits per heavy atom. The lowest BCUT2D eigenvalue weighted by atomic mass is 9.85. The molecule has 1 fully saturated rings. The van der Waals surface area contributed by atoms with Gasteiger partial charge in [0, 0.05) is 30.1 Å². The van der Waals surface area contributed by atoms with Crippen LogP contribution in [0, 0.1) is 5.41 Å². The molecule has 1 saturated carbocycles. The van der Waals surface area contributed by atoms with Crippen LogP contribution in [0.2, 0.25) is 0 Å². The fourth-order valence-corrected chi connectivity index (χ4v) is 2.38. The summed E-state index contributed by atoms with van der Waals surface area (Å²) in [5, 5.41) is 0. The minimum Gasteiger partial charge on any atom is -0.300 e. The highest BCUT2D eigenvalue weighted by molar-refractivity contribution is 5.81. The van der Waals surface area contributed by atoms with Crippen molar-refractivity contribution < 1.29 is 4.79 Å². The van der Waals surface area contributed by atoms with Crippen LogP contribution in [0.25, 0.3) is 0 Å². The normalized spacial score (nSPS) is 17.8. The average molecular weight is 231 g/mol. The van der Waals surface area contributed by atoms with E-state index in [1.165, 1.54) is 0 Å². The summed E-state index contributed by atoms with van der Waals surface area (Å²) < 4.78 is 0. The lowest BCUT2D eigenvalue weighted by molar-refractivity contribution is -0.121. The van der Waals surface area contributed by atoms with Crippen molar-refractivity contribution in [1.82, 2.24) is 4.98 Å². The number of Topliss-reactive ketones (excluding diaryl/α,β-unsaturated/α-hetero) is 1. The van der Waals surface area contributed by atoms with Gasteiger partial charge in [-0.05, 0) is 30.4 Å². The van der Waals surface area contributed by atoms with Crippen LogP contribution in [0.3, 0.4) is 0 Å². The van der Waals surface area contributed by atoms with Crippen LogP contribution in [0.5, 0.6) is 0 Å². The number of nitrogens with zero attached hydrogens (tertiary/aromatic N) is 1. The molecule has 0 saturated heterocycles. The summed E-state index contributed by atoms with van der Waals surface area (Å²) in [6, 6.07) is 5.99. The summed E-state index contributed by atoms with van der Waals surface area (Å²) in [5.41, 5.74) is 1.27. The molecule has 0 radical (unpaired) electrons. The van der Waals surface area contributed by atoms with E-state index in [0.29, 0.717) is 18.6 Å². The van der Waals surface area contributed by atoms with Crippen molar-refractivity contribution in [2.75, 3.05) is 0 Å². The molecule has 0 aliphatic heterocycles. The quantitative estimate of drug-likeness (QED) is 0.793. The van der Waals surface area contributed by atoms with Crippen molar-refractivity contribution in [2.24, 2.45) is 5.41 Å². The van der Waals surface area contributed by atoms with E-state index in [4.69, 9.17) is 0 Å². The lowest BCUT2D eigenvalue weighted by Crippen LogP contribution is -2.19. The Hall–Kier alpha value is -1.18. The summed E-state index contributed by atoms with van der Waals surface area (Å²) in [7, 11) is 0. The van der Waals surface area contributed by atoms with Crippen molar-refractivity contribution >= 4 is 5.78 Å². The van der Waals surface area contributed by atoms with Crippen LogP contribution in [0.4, 0.5) is 0 Å². The van der Waals surface area contributed by atoms with E-state index in [2.05, 4.69) is 31.8 Å². The predicted molar refractivity (Wildman–Crippen MR) is 68.8 cm³/mol. The molecule has 0 unspecified atom stereocenters. The standard InChI is InChI=1S/C15H21NO/c1-14(2,3)10-12(17)11-15(7-8-15)13-6-4-5-9-16-13/h4-6,9H,7-8,10-11H2,1-3H3. The molecule has 17 heavy (non-hydrogen) atoms. The maximum absolute atomic E-state index is 12.1. The van der Waals surface area contributed by atoms with Gasteiger partial charge in [-0.15, -0.1) is 0 Å². The number of carbonyl (C=O) groups excluding carboxylic acids is 1. The molecule has 0 N–H and O–H groups in total. The summed E-state index contributed by atoms with van der Waals surface area (Å²) in [5.74, 6) is 0.376. The highest BCUT2D eigenvalue weighted by Crippen LogP contribution is 2.50. The minimum absolute atomic E-state index is 0.0730. The smallest absolute Gasteiger partial charge is 0.134 e. The van der Waals surface area contributed by atoms with Gasteiger partial charge in [0.05, 0.1) is 0 Å². The second kappa shape index (κ2) is 4.25. The number of ketones is 1. The molecule has 0 aromatic carbocycles. The molecule has 0 spiro atoms. The number of carbonyl (C=O) groups is 1. The SMILES string of the molecule is CC(C)(C)CC(=O)CC1(c2ccccn2)CC1. The van der Waals surface area contributed by atoms with E-state index in [-0.39, 0.29) is 10.8 Å². The van der Waals surface area contributed by atoms with Crippen LogP contribution < -0.4 is 0 Å². The van der Waals surface area contributed by atoms with Gasteiger partial charge in [-0.3, -0.25) is 9.78 Å². The third-order valence-corrected chi connectivity index (χ3v) is 3.32. The van der Waals surface area contributed by atoms with Gasteiger partial charge in [-0.2, -0.15) is 0 Å². The third-order valence-electron chi connectivity index (χ3n) is 3.32. The van der Waals surface area contributed by atoms with Gasteiger partial charge in [0.2, 0.25) is 0 Å². The molecule has 0 bridgehead atoms. The van der Waals surface area contributed by atoms with Crippen LogP contribution in [-0.2, 0) is 10.2 Å². The molecule has 1 aromatic rings. The largest absolute Gasteiger partial charge is 0.300 e. The van der Waals surface area contributed by atoms with Crippen LogP contribution in [-0.4, -0.2) is 10.8 Å². The summed E-state index contributed by atoms with van der Waals surface area (Å²) in [6.07, 6.45) is 5.38. The van der Waals surface area contributed by atoms with E-state index in [9.17, 15) is 4.79 Å². The Morgan fingerprint density at radius 3 is 2.53 bits per heavy atom. The second-order valence-corrected chi connectivity index (χ2v) is 6.45. The van der Waals surface area contributed by atoms with Crippen molar-refractivity contribution in [2.45, 2.75) is 51.9 Å². The molecule has 2 heteroatoms. The minimum atomic E-state index is 0.0730. The molecule has 1 heterocycles. The van der Waals surface area contributed by atoms with Gasteiger partial charge in [-0.1, -0.05) is 26.8 Å². The molecular weight excluding hydrogens is 210 g/mol. The predicted octanol–water partition coefficient (Wildman–Crippen LogP) is 3.51. The first-order chi connectivity index (χ1) is 7.91. The molecule has 0 amide bonds. The van der Waals surface area contributed by atoms with Crippen LogP contribution in [0.1, 0.15) is 52.1 Å². The van der Waals surface area contributed by atoms with E-state index in [1.807, 2.05) is 18.3 Å². The first-order valence-electron chi connectivity index (χ1n) is 6.35. The highest BCUT2D eigenvalue weighted by atomic mass is 16.1. The monoisotopic (exact) mass is 231 g/mol. The molecule has 1 aliphatic rings. The van der Waals surface area contributed by atoms with E-state index in [0.717, 1.165) is 18.5 Å². The van der Waals surface area contributed by atoms with Crippen LogP contribution >= 0.6 is 0 Å². The molecule has 1 aliphatic carbocycles. The Labute approximate surface area is 103 Å². The molecule has 0 atom stereocenters. The van der Waals surface area contributed by atoms with Crippen molar-refractivity contribution in [1.29, 1.82) is 0 Å². The van der Waals surface area contributed by atoms with Gasteiger partial charge in [-0.25, -0.2) is 0 Å². The highest BCUT2D eigenvalue weighted by Gasteiger charge is 2.46. The van der Waals surface area contributed by atoms with Crippen molar-refractivity contribution in [3.63, 3.8) is 0 Å². The van der Waals surface area contributed by atoms with Gasteiger partial charge in [0.25, 0.3) is 0 Å². The molecule has 92 valence electrons. The van der Waals surface area contributed by atoms with Crippen molar-refractivity contribution in [3.8, 4) is 0 Å². The Balaban J connectivity index is 2.02. The first kappa shape index (κ1) is 12.3. The average Bonchev–Trinajstić information content (AvgIpc) is 2.97.